The number of carbonyl (C=O) groups is 1. The molecule has 2 rings (SSSR count). The number of esters is 1. The highest BCUT2D eigenvalue weighted by atomic mass is 32.2. The fraction of sp³-hybridized carbons (Fsp3) is 0.438. The number of ether oxygens (including phenoxy) is 1. The van der Waals surface area contributed by atoms with E-state index in [1.54, 1.807) is 0 Å². The summed E-state index contributed by atoms with van der Waals surface area (Å²) in [6.07, 6.45) is 3.22. The zero-order chi connectivity index (χ0) is 13.9. The van der Waals surface area contributed by atoms with Crippen LogP contribution in [0.4, 0.5) is 0 Å². The molecule has 0 aromatic heterocycles. The van der Waals surface area contributed by atoms with Crippen molar-refractivity contribution in [2.24, 2.45) is 11.3 Å². The van der Waals surface area contributed by atoms with Crippen molar-refractivity contribution in [2.75, 3.05) is 6.61 Å². The van der Waals surface area contributed by atoms with Gasteiger partial charge in [-0.1, -0.05) is 49.9 Å². The molecular formula is C16H20O2S. The molecular weight excluding hydrogens is 256 g/mol. The van der Waals surface area contributed by atoms with Crippen LogP contribution in [0.2, 0.25) is 0 Å². The molecule has 0 saturated heterocycles. The van der Waals surface area contributed by atoms with Gasteiger partial charge in [-0.25, -0.2) is 4.79 Å². The second kappa shape index (κ2) is 5.83. The quantitative estimate of drug-likeness (QED) is 0.456. The van der Waals surface area contributed by atoms with Gasteiger partial charge >= 0.3 is 5.97 Å². The van der Waals surface area contributed by atoms with Crippen LogP contribution >= 0.6 is 11.8 Å². The lowest BCUT2D eigenvalue weighted by molar-refractivity contribution is -0.137. The number of allylic oxidation sites excluding steroid dienone is 1. The minimum absolute atomic E-state index is 0.209. The standard InChI is InChI=1S/C16H20O2S/c1-4-18-15(17)14(10-12-11-16(12,2)3)19-13-8-6-5-7-9-13/h5-10,12H,4,11H2,1-3H3/b14-10-. The van der Waals surface area contributed by atoms with E-state index in [2.05, 4.69) is 19.9 Å². The Morgan fingerprint density at radius 1 is 1.42 bits per heavy atom. The maximum absolute atomic E-state index is 12.0. The minimum atomic E-state index is -0.209. The highest BCUT2D eigenvalue weighted by Crippen LogP contribution is 2.53. The first-order valence-corrected chi connectivity index (χ1v) is 7.46. The molecule has 0 heterocycles. The third kappa shape index (κ3) is 3.87. The van der Waals surface area contributed by atoms with Gasteiger partial charge in [-0.15, -0.1) is 0 Å². The summed E-state index contributed by atoms with van der Waals surface area (Å²) in [6.45, 7) is 6.71. The van der Waals surface area contributed by atoms with Crippen LogP contribution in [-0.4, -0.2) is 12.6 Å². The summed E-state index contributed by atoms with van der Waals surface area (Å²) in [5.41, 5.74) is 0.328. The average molecular weight is 276 g/mol. The molecule has 0 spiro atoms. The Labute approximate surface area is 119 Å². The molecule has 1 aliphatic carbocycles. The van der Waals surface area contributed by atoms with Crippen LogP contribution in [0, 0.1) is 11.3 Å². The zero-order valence-electron chi connectivity index (χ0n) is 11.7. The fourth-order valence-electron chi connectivity index (χ4n) is 1.94. The third-order valence-corrected chi connectivity index (χ3v) is 4.42. The molecule has 2 nitrogen and oxygen atoms in total. The van der Waals surface area contributed by atoms with E-state index in [0.29, 0.717) is 22.8 Å². The molecule has 102 valence electrons. The molecule has 1 saturated carbocycles. The van der Waals surface area contributed by atoms with Crippen LogP contribution < -0.4 is 0 Å². The monoisotopic (exact) mass is 276 g/mol. The van der Waals surface area contributed by atoms with Gasteiger partial charge in [0.05, 0.1) is 11.5 Å². The van der Waals surface area contributed by atoms with Gasteiger partial charge in [0.15, 0.2) is 0 Å². The maximum Gasteiger partial charge on any atom is 0.344 e. The van der Waals surface area contributed by atoms with Gasteiger partial charge in [-0.2, -0.15) is 0 Å². The molecule has 1 aliphatic rings. The molecule has 0 N–H and O–H groups in total. The summed E-state index contributed by atoms with van der Waals surface area (Å²) in [4.78, 5) is 13.8. The topological polar surface area (TPSA) is 26.3 Å². The van der Waals surface area contributed by atoms with Crippen molar-refractivity contribution in [3.63, 3.8) is 0 Å². The lowest BCUT2D eigenvalue weighted by Gasteiger charge is -2.07. The number of hydrogen-bond acceptors (Lipinski definition) is 3. The summed E-state index contributed by atoms with van der Waals surface area (Å²) < 4.78 is 5.15. The van der Waals surface area contributed by atoms with Crippen LogP contribution in [0.5, 0.6) is 0 Å². The Kier molecular flexibility index (Phi) is 4.35. The van der Waals surface area contributed by atoms with E-state index < -0.39 is 0 Å². The van der Waals surface area contributed by atoms with Crippen molar-refractivity contribution in [2.45, 2.75) is 32.1 Å². The van der Waals surface area contributed by atoms with Gasteiger partial charge in [0.1, 0.15) is 0 Å². The van der Waals surface area contributed by atoms with E-state index in [1.165, 1.54) is 11.8 Å². The number of thioether (sulfide) groups is 1. The highest BCUT2D eigenvalue weighted by molar-refractivity contribution is 8.04. The van der Waals surface area contributed by atoms with Gasteiger partial charge < -0.3 is 4.74 Å². The normalized spacial score (nSPS) is 21.0. The Morgan fingerprint density at radius 3 is 2.58 bits per heavy atom. The van der Waals surface area contributed by atoms with E-state index in [9.17, 15) is 4.79 Å². The largest absolute Gasteiger partial charge is 0.462 e. The summed E-state index contributed by atoms with van der Waals surface area (Å²) in [5.74, 6) is 0.280. The minimum Gasteiger partial charge on any atom is -0.462 e. The highest BCUT2D eigenvalue weighted by Gasteiger charge is 2.44. The lowest BCUT2D eigenvalue weighted by atomic mass is 10.1. The van der Waals surface area contributed by atoms with Crippen molar-refractivity contribution in [3.8, 4) is 0 Å². The summed E-state index contributed by atoms with van der Waals surface area (Å²) in [5, 5.41) is 0. The van der Waals surface area contributed by atoms with Gasteiger partial charge in [-0.3, -0.25) is 0 Å². The summed E-state index contributed by atoms with van der Waals surface area (Å²) in [6, 6.07) is 9.95. The van der Waals surface area contributed by atoms with E-state index in [-0.39, 0.29) is 5.97 Å². The third-order valence-electron chi connectivity index (χ3n) is 3.39. The van der Waals surface area contributed by atoms with Gasteiger partial charge in [-0.05, 0) is 36.8 Å². The number of benzene rings is 1. The predicted octanol–water partition coefficient (Wildman–Crippen LogP) is 4.27. The van der Waals surface area contributed by atoms with E-state index in [4.69, 9.17) is 4.74 Å². The smallest absolute Gasteiger partial charge is 0.344 e. The van der Waals surface area contributed by atoms with Crippen LogP contribution in [0.1, 0.15) is 27.2 Å². The molecule has 1 aromatic carbocycles. The first kappa shape index (κ1) is 14.2. The van der Waals surface area contributed by atoms with E-state index in [1.807, 2.05) is 37.3 Å². The molecule has 1 unspecified atom stereocenters. The Morgan fingerprint density at radius 2 is 2.05 bits per heavy atom. The molecule has 0 aliphatic heterocycles. The molecule has 0 radical (unpaired) electrons. The molecule has 19 heavy (non-hydrogen) atoms. The summed E-state index contributed by atoms with van der Waals surface area (Å²) >= 11 is 1.49. The van der Waals surface area contributed by atoms with Crippen molar-refractivity contribution < 1.29 is 9.53 Å². The number of rotatable bonds is 5. The maximum atomic E-state index is 12.0. The zero-order valence-corrected chi connectivity index (χ0v) is 12.5. The van der Waals surface area contributed by atoms with Crippen LogP contribution in [0.3, 0.4) is 0 Å². The molecule has 0 amide bonds. The molecule has 1 aromatic rings. The number of carbonyl (C=O) groups excluding carboxylic acids is 1. The fourth-order valence-corrected chi connectivity index (χ4v) is 2.86. The SMILES string of the molecule is CCOC(=O)/C(=C/C1CC1(C)C)Sc1ccccc1. The van der Waals surface area contributed by atoms with Crippen molar-refractivity contribution in [1.29, 1.82) is 0 Å². The second-order valence-electron chi connectivity index (χ2n) is 5.47. The molecule has 3 heteroatoms. The first-order valence-electron chi connectivity index (χ1n) is 6.65. The lowest BCUT2D eigenvalue weighted by Crippen LogP contribution is -2.06. The van der Waals surface area contributed by atoms with Gasteiger partial charge in [0, 0.05) is 4.90 Å². The first-order chi connectivity index (χ1) is 9.03. The van der Waals surface area contributed by atoms with Crippen molar-refractivity contribution in [3.05, 3.63) is 41.3 Å². The van der Waals surface area contributed by atoms with Gasteiger partial charge in [0.25, 0.3) is 0 Å². The second-order valence-corrected chi connectivity index (χ2v) is 6.58. The Hall–Kier alpha value is -1.22. The number of hydrogen-bond donors (Lipinski definition) is 0. The molecule has 1 atom stereocenters. The van der Waals surface area contributed by atoms with Crippen LogP contribution in [-0.2, 0) is 9.53 Å². The average Bonchev–Trinajstić information content (AvgIpc) is 2.97. The van der Waals surface area contributed by atoms with Crippen molar-refractivity contribution >= 4 is 17.7 Å². The Bertz CT molecular complexity index is 477. The van der Waals surface area contributed by atoms with Crippen LogP contribution in [0.15, 0.2) is 46.2 Å². The summed E-state index contributed by atoms with van der Waals surface area (Å²) in [7, 11) is 0. The van der Waals surface area contributed by atoms with Gasteiger partial charge in [0.2, 0.25) is 0 Å². The van der Waals surface area contributed by atoms with Crippen molar-refractivity contribution in [1.82, 2.24) is 0 Å². The van der Waals surface area contributed by atoms with E-state index >= 15 is 0 Å². The van der Waals surface area contributed by atoms with E-state index in [0.717, 1.165) is 11.3 Å². The Balaban J connectivity index is 2.13. The molecule has 1 fully saturated rings. The van der Waals surface area contributed by atoms with Crippen LogP contribution in [0.25, 0.3) is 0 Å². The molecule has 0 bridgehead atoms. The predicted molar refractivity (Wildman–Crippen MR) is 78.9 cm³/mol.